The number of carbonyl (C=O) groups excluding carboxylic acids is 1. The van der Waals surface area contributed by atoms with Gasteiger partial charge in [-0.15, -0.1) is 12.4 Å². The van der Waals surface area contributed by atoms with Crippen molar-refractivity contribution in [2.45, 2.75) is 18.9 Å². The van der Waals surface area contributed by atoms with Gasteiger partial charge in [-0.1, -0.05) is 18.2 Å². The largest absolute Gasteiger partial charge is 0.504 e. The minimum atomic E-state index is -0.207. The van der Waals surface area contributed by atoms with Crippen LogP contribution in [0.4, 0.5) is 0 Å². The van der Waals surface area contributed by atoms with E-state index >= 15 is 0 Å². The second-order valence-corrected chi connectivity index (χ2v) is 5.50. The monoisotopic (exact) mass is 336 g/mol. The number of rotatable bonds is 3. The van der Waals surface area contributed by atoms with Gasteiger partial charge in [0.2, 0.25) is 0 Å². The highest BCUT2D eigenvalue weighted by Gasteiger charge is 2.26. The van der Waals surface area contributed by atoms with Crippen molar-refractivity contribution in [1.82, 2.24) is 20.0 Å². The van der Waals surface area contributed by atoms with Crippen LogP contribution in [0.5, 0.6) is 5.75 Å². The summed E-state index contributed by atoms with van der Waals surface area (Å²) in [6.07, 6.45) is 3.31. The molecule has 7 heteroatoms. The third kappa shape index (κ3) is 3.65. The Morgan fingerprint density at radius 3 is 2.52 bits per heavy atom. The molecule has 1 aliphatic rings. The molecule has 1 aromatic heterocycles. The maximum Gasteiger partial charge on any atom is 0.278 e. The zero-order chi connectivity index (χ0) is 15.5. The van der Waals surface area contributed by atoms with Crippen LogP contribution in [-0.4, -0.2) is 51.9 Å². The van der Waals surface area contributed by atoms with Gasteiger partial charge in [0.25, 0.3) is 5.91 Å². The summed E-state index contributed by atoms with van der Waals surface area (Å²) in [6.45, 7) is 1.37. The van der Waals surface area contributed by atoms with Gasteiger partial charge in [0, 0.05) is 19.1 Å². The predicted octanol–water partition coefficient (Wildman–Crippen LogP) is 1.82. The number of para-hydroxylation sites is 1. The number of benzene rings is 1. The van der Waals surface area contributed by atoms with Crippen LogP contribution in [0.25, 0.3) is 5.69 Å². The highest BCUT2D eigenvalue weighted by Crippen LogP contribution is 2.21. The molecule has 0 aliphatic carbocycles. The number of halogens is 1. The molecular weight excluding hydrogens is 316 g/mol. The summed E-state index contributed by atoms with van der Waals surface area (Å²) in [5.41, 5.74) is 0.928. The Labute approximate surface area is 141 Å². The Bertz CT molecular complexity index is 651. The Morgan fingerprint density at radius 1 is 1.26 bits per heavy atom. The maximum atomic E-state index is 12.5. The average molecular weight is 337 g/mol. The fourth-order valence-electron chi connectivity index (χ4n) is 2.75. The fourth-order valence-corrected chi connectivity index (χ4v) is 2.75. The van der Waals surface area contributed by atoms with Gasteiger partial charge >= 0.3 is 0 Å². The van der Waals surface area contributed by atoms with E-state index in [2.05, 4.69) is 10.4 Å². The van der Waals surface area contributed by atoms with Crippen LogP contribution in [-0.2, 0) is 0 Å². The average Bonchev–Trinajstić information content (AvgIpc) is 2.97. The van der Waals surface area contributed by atoms with Crippen LogP contribution in [0.2, 0.25) is 0 Å². The molecule has 0 spiro atoms. The molecule has 1 fully saturated rings. The quantitative estimate of drug-likeness (QED) is 0.897. The van der Waals surface area contributed by atoms with E-state index in [0.717, 1.165) is 18.5 Å². The molecule has 23 heavy (non-hydrogen) atoms. The first-order chi connectivity index (χ1) is 10.7. The molecule has 0 radical (unpaired) electrons. The topological polar surface area (TPSA) is 70.4 Å². The molecule has 0 atom stereocenters. The number of aromatic nitrogens is 2. The summed E-state index contributed by atoms with van der Waals surface area (Å²) < 4.78 is 1.53. The molecule has 1 aliphatic heterocycles. The number of aromatic hydroxyl groups is 1. The van der Waals surface area contributed by atoms with Crippen molar-refractivity contribution in [3.63, 3.8) is 0 Å². The third-order valence-corrected chi connectivity index (χ3v) is 4.11. The van der Waals surface area contributed by atoms with Crippen molar-refractivity contribution in [2.24, 2.45) is 0 Å². The molecule has 0 unspecified atom stereocenters. The van der Waals surface area contributed by atoms with Crippen LogP contribution in [0.3, 0.4) is 0 Å². The number of amides is 1. The Kier molecular flexibility index (Phi) is 5.63. The van der Waals surface area contributed by atoms with Gasteiger partial charge in [0.05, 0.1) is 11.9 Å². The molecule has 1 saturated heterocycles. The van der Waals surface area contributed by atoms with Crippen molar-refractivity contribution in [2.75, 3.05) is 20.1 Å². The van der Waals surface area contributed by atoms with Crippen LogP contribution in [0.15, 0.2) is 36.5 Å². The Balaban J connectivity index is 0.00000192. The molecule has 0 bridgehead atoms. The first-order valence-corrected chi connectivity index (χ1v) is 7.49. The highest BCUT2D eigenvalue weighted by atomic mass is 35.5. The second kappa shape index (κ2) is 7.48. The van der Waals surface area contributed by atoms with E-state index in [9.17, 15) is 9.90 Å². The lowest BCUT2D eigenvalue weighted by atomic mass is 10.1. The molecular formula is C16H21ClN4O2. The molecule has 1 aromatic carbocycles. The lowest BCUT2D eigenvalue weighted by Gasteiger charge is -2.31. The van der Waals surface area contributed by atoms with Crippen molar-refractivity contribution in [3.05, 3.63) is 42.2 Å². The predicted molar refractivity (Wildman–Crippen MR) is 90.5 cm³/mol. The van der Waals surface area contributed by atoms with Crippen LogP contribution >= 0.6 is 12.4 Å². The fraction of sp³-hybridized carbons (Fsp3) is 0.375. The van der Waals surface area contributed by atoms with Gasteiger partial charge < -0.3 is 15.3 Å². The molecule has 0 saturated carbocycles. The Morgan fingerprint density at radius 2 is 1.91 bits per heavy atom. The molecule has 2 N–H and O–H groups in total. The number of carbonyl (C=O) groups is 1. The van der Waals surface area contributed by atoms with E-state index in [1.165, 1.54) is 10.9 Å². The summed E-state index contributed by atoms with van der Waals surface area (Å²) >= 11 is 0. The van der Waals surface area contributed by atoms with Crippen molar-refractivity contribution < 1.29 is 9.90 Å². The lowest BCUT2D eigenvalue weighted by molar-refractivity contribution is 0.0698. The minimum absolute atomic E-state index is 0. The molecule has 3 rings (SSSR count). The first-order valence-electron chi connectivity index (χ1n) is 7.49. The van der Waals surface area contributed by atoms with Gasteiger partial charge in [-0.25, -0.2) is 4.68 Å². The van der Waals surface area contributed by atoms with Gasteiger partial charge in [-0.05, 0) is 32.0 Å². The van der Waals surface area contributed by atoms with Gasteiger partial charge in [0.15, 0.2) is 11.4 Å². The lowest BCUT2D eigenvalue weighted by Crippen LogP contribution is -2.44. The number of nitrogens with zero attached hydrogens (tertiary/aromatic N) is 3. The summed E-state index contributed by atoms with van der Waals surface area (Å²) in [5, 5.41) is 17.5. The number of hydrogen-bond donors (Lipinski definition) is 2. The molecule has 6 nitrogen and oxygen atoms in total. The van der Waals surface area contributed by atoms with E-state index in [0.29, 0.717) is 19.1 Å². The van der Waals surface area contributed by atoms with Gasteiger partial charge in [-0.3, -0.25) is 4.79 Å². The molecule has 124 valence electrons. The number of hydrogen-bond acceptors (Lipinski definition) is 4. The molecule has 1 amide bonds. The third-order valence-electron chi connectivity index (χ3n) is 4.11. The van der Waals surface area contributed by atoms with E-state index in [-0.39, 0.29) is 29.8 Å². The number of likely N-dealkylation sites (tertiary alicyclic amines) is 1. The van der Waals surface area contributed by atoms with E-state index in [4.69, 9.17) is 0 Å². The summed E-state index contributed by atoms with van der Waals surface area (Å²) in [6, 6.07) is 9.89. The minimum Gasteiger partial charge on any atom is -0.504 e. The SMILES string of the molecule is CNC1CCN(C(=O)c2nn(-c3ccccc3)cc2O)CC1.Cl. The molecule has 2 heterocycles. The van der Waals surface area contributed by atoms with Crippen molar-refractivity contribution >= 4 is 18.3 Å². The summed E-state index contributed by atoms with van der Waals surface area (Å²) in [5.74, 6) is -0.286. The van der Waals surface area contributed by atoms with Crippen LogP contribution in [0.1, 0.15) is 23.3 Å². The molecule has 2 aromatic rings. The normalized spacial score (nSPS) is 15.3. The van der Waals surface area contributed by atoms with Crippen molar-refractivity contribution in [1.29, 1.82) is 0 Å². The van der Waals surface area contributed by atoms with Crippen molar-refractivity contribution in [3.8, 4) is 11.4 Å². The standard InChI is InChI=1S/C16H20N4O2.ClH/c1-17-12-7-9-19(10-8-12)16(22)15-14(21)11-20(18-15)13-5-3-2-4-6-13;/h2-6,11-12,17,21H,7-10H2,1H3;1H. The van der Waals surface area contributed by atoms with Crippen LogP contribution in [0, 0.1) is 0 Å². The van der Waals surface area contributed by atoms with Gasteiger partial charge in [0.1, 0.15) is 0 Å². The van der Waals surface area contributed by atoms with E-state index in [1.807, 2.05) is 37.4 Å². The van der Waals surface area contributed by atoms with E-state index in [1.54, 1.807) is 4.90 Å². The number of nitrogens with one attached hydrogen (secondary N) is 1. The van der Waals surface area contributed by atoms with Gasteiger partial charge in [-0.2, -0.15) is 5.10 Å². The highest BCUT2D eigenvalue weighted by molar-refractivity contribution is 5.94. The zero-order valence-electron chi connectivity index (χ0n) is 13.0. The number of piperidine rings is 1. The Hall–Kier alpha value is -2.05. The summed E-state index contributed by atoms with van der Waals surface area (Å²) in [7, 11) is 1.94. The van der Waals surface area contributed by atoms with Crippen LogP contribution < -0.4 is 5.32 Å². The van der Waals surface area contributed by atoms with E-state index < -0.39 is 0 Å². The maximum absolute atomic E-state index is 12.5. The second-order valence-electron chi connectivity index (χ2n) is 5.50. The zero-order valence-corrected chi connectivity index (χ0v) is 13.8. The smallest absolute Gasteiger partial charge is 0.278 e. The first kappa shape index (κ1) is 17.3. The summed E-state index contributed by atoms with van der Waals surface area (Å²) in [4.78, 5) is 14.3.